The minimum absolute atomic E-state index is 0.141. The Hall–Kier alpha value is -2.54. The molecule has 1 aliphatic rings. The van der Waals surface area contributed by atoms with E-state index in [1.165, 1.54) is 0 Å². The number of pyridine rings is 1. The van der Waals surface area contributed by atoms with Gasteiger partial charge in [-0.05, 0) is 31.0 Å². The highest BCUT2D eigenvalue weighted by molar-refractivity contribution is 7.93. The predicted octanol–water partition coefficient (Wildman–Crippen LogP) is 2.70. The molecule has 1 N–H and O–H groups in total. The average molecular weight is 326 g/mol. The zero-order valence-electron chi connectivity index (χ0n) is 12.2. The quantitative estimate of drug-likeness (QED) is 0.797. The number of nitrogens with one attached hydrogen (secondary N) is 1. The molecule has 0 radical (unpaired) electrons. The standard InChI is InChI=1S/C16H14N4O2S/c21-23(22,13-5-1-3-11-4-2-9-17-15(11)13)20-14-8-10-18-16(19-14)12-6-7-12/h1-5,8-10,12H,6-7H2,(H,18,19,20). The van der Waals surface area contributed by atoms with Gasteiger partial charge in [-0.25, -0.2) is 18.4 Å². The first-order valence-electron chi connectivity index (χ1n) is 7.33. The van der Waals surface area contributed by atoms with Gasteiger partial charge in [-0.3, -0.25) is 9.71 Å². The van der Waals surface area contributed by atoms with Gasteiger partial charge in [-0.2, -0.15) is 0 Å². The van der Waals surface area contributed by atoms with E-state index in [4.69, 9.17) is 0 Å². The molecular formula is C16H14N4O2S. The van der Waals surface area contributed by atoms with Crippen molar-refractivity contribution in [2.24, 2.45) is 0 Å². The molecule has 0 atom stereocenters. The minimum atomic E-state index is -3.76. The summed E-state index contributed by atoms with van der Waals surface area (Å²) in [6.45, 7) is 0. The van der Waals surface area contributed by atoms with Gasteiger partial charge >= 0.3 is 0 Å². The lowest BCUT2D eigenvalue weighted by Crippen LogP contribution is -2.15. The van der Waals surface area contributed by atoms with Crippen molar-refractivity contribution in [3.8, 4) is 0 Å². The summed E-state index contributed by atoms with van der Waals surface area (Å²) in [4.78, 5) is 12.8. The van der Waals surface area contributed by atoms with Gasteiger partial charge in [0, 0.05) is 23.7 Å². The average Bonchev–Trinajstić information content (AvgIpc) is 3.39. The molecule has 4 rings (SSSR count). The second-order valence-corrected chi connectivity index (χ2v) is 7.16. The van der Waals surface area contributed by atoms with Gasteiger partial charge in [-0.15, -0.1) is 0 Å². The fourth-order valence-corrected chi connectivity index (χ4v) is 3.64. The van der Waals surface area contributed by atoms with Crippen molar-refractivity contribution in [2.45, 2.75) is 23.7 Å². The molecule has 23 heavy (non-hydrogen) atoms. The summed E-state index contributed by atoms with van der Waals surface area (Å²) in [5.41, 5.74) is 0.443. The highest BCUT2D eigenvalue weighted by atomic mass is 32.2. The van der Waals surface area contributed by atoms with Crippen LogP contribution in [-0.4, -0.2) is 23.4 Å². The summed E-state index contributed by atoms with van der Waals surface area (Å²) in [5, 5.41) is 0.775. The van der Waals surface area contributed by atoms with E-state index in [0.717, 1.165) is 18.2 Å². The van der Waals surface area contributed by atoms with Crippen LogP contribution in [0.2, 0.25) is 0 Å². The number of nitrogens with zero attached hydrogens (tertiary/aromatic N) is 3. The van der Waals surface area contributed by atoms with E-state index < -0.39 is 10.0 Å². The molecule has 0 spiro atoms. The summed E-state index contributed by atoms with van der Waals surface area (Å²) in [5.74, 6) is 1.34. The number of fused-ring (bicyclic) bond motifs is 1. The molecule has 2 heterocycles. The SMILES string of the molecule is O=S(=O)(Nc1ccnc(C2CC2)n1)c1cccc2cccnc12. The summed E-state index contributed by atoms with van der Waals surface area (Å²) in [6.07, 6.45) is 5.28. The maximum atomic E-state index is 12.7. The first-order chi connectivity index (χ1) is 11.1. The largest absolute Gasteiger partial charge is 0.265 e. The maximum Gasteiger partial charge on any atom is 0.265 e. The fraction of sp³-hybridized carbons (Fsp3) is 0.188. The Labute approximate surface area is 133 Å². The third-order valence-corrected chi connectivity index (χ3v) is 5.13. The van der Waals surface area contributed by atoms with Crippen molar-refractivity contribution < 1.29 is 8.42 Å². The molecule has 1 aliphatic carbocycles. The van der Waals surface area contributed by atoms with Crippen LogP contribution < -0.4 is 4.72 Å². The Bertz CT molecular complexity index is 979. The van der Waals surface area contributed by atoms with Gasteiger partial charge in [0.1, 0.15) is 16.5 Å². The molecule has 1 saturated carbocycles. The van der Waals surface area contributed by atoms with Crippen LogP contribution in [0.1, 0.15) is 24.6 Å². The van der Waals surface area contributed by atoms with Crippen LogP contribution in [0.15, 0.2) is 53.7 Å². The number of benzene rings is 1. The monoisotopic (exact) mass is 326 g/mol. The third kappa shape index (κ3) is 2.75. The van der Waals surface area contributed by atoms with Crippen molar-refractivity contribution in [1.82, 2.24) is 15.0 Å². The third-order valence-electron chi connectivity index (χ3n) is 3.74. The van der Waals surface area contributed by atoms with Crippen LogP contribution in [0, 0.1) is 0 Å². The smallest absolute Gasteiger partial charge is 0.263 e. The second-order valence-electron chi connectivity index (χ2n) is 5.51. The molecular weight excluding hydrogens is 312 g/mol. The molecule has 0 amide bonds. The normalized spacial score (nSPS) is 14.8. The summed E-state index contributed by atoms with van der Waals surface area (Å²) in [6, 6.07) is 10.2. The number of hydrogen-bond donors (Lipinski definition) is 1. The van der Waals surface area contributed by atoms with Gasteiger partial charge in [-0.1, -0.05) is 18.2 Å². The Morgan fingerprint density at radius 1 is 1.00 bits per heavy atom. The second kappa shape index (κ2) is 5.27. The number of anilines is 1. The van der Waals surface area contributed by atoms with Gasteiger partial charge in [0.15, 0.2) is 0 Å². The lowest BCUT2D eigenvalue weighted by molar-refractivity contribution is 0.601. The van der Waals surface area contributed by atoms with E-state index in [-0.39, 0.29) is 10.7 Å². The van der Waals surface area contributed by atoms with Crippen LogP contribution in [0.4, 0.5) is 5.82 Å². The molecule has 1 fully saturated rings. The Balaban J connectivity index is 1.73. The van der Waals surface area contributed by atoms with E-state index in [1.807, 2.05) is 12.1 Å². The molecule has 0 unspecified atom stereocenters. The first-order valence-corrected chi connectivity index (χ1v) is 8.81. The minimum Gasteiger partial charge on any atom is -0.263 e. The molecule has 0 bridgehead atoms. The first kappa shape index (κ1) is 14.1. The van der Waals surface area contributed by atoms with E-state index in [9.17, 15) is 8.42 Å². The Morgan fingerprint density at radius 3 is 2.65 bits per heavy atom. The Morgan fingerprint density at radius 2 is 1.83 bits per heavy atom. The number of hydrogen-bond acceptors (Lipinski definition) is 5. The summed E-state index contributed by atoms with van der Waals surface area (Å²) >= 11 is 0. The Kier molecular flexibility index (Phi) is 3.23. The van der Waals surface area contributed by atoms with Gasteiger partial charge in [0.05, 0.1) is 5.52 Å². The van der Waals surface area contributed by atoms with Crippen LogP contribution in [-0.2, 0) is 10.0 Å². The van der Waals surface area contributed by atoms with Crippen LogP contribution in [0.25, 0.3) is 10.9 Å². The number of para-hydroxylation sites is 1. The molecule has 0 aliphatic heterocycles. The van der Waals surface area contributed by atoms with E-state index in [0.29, 0.717) is 17.3 Å². The van der Waals surface area contributed by atoms with E-state index >= 15 is 0 Å². The lowest BCUT2D eigenvalue weighted by Gasteiger charge is -2.10. The van der Waals surface area contributed by atoms with Gasteiger partial charge < -0.3 is 0 Å². The zero-order valence-corrected chi connectivity index (χ0v) is 13.0. The van der Waals surface area contributed by atoms with Gasteiger partial charge in [0.2, 0.25) is 0 Å². The molecule has 116 valence electrons. The predicted molar refractivity (Wildman–Crippen MR) is 86.6 cm³/mol. The van der Waals surface area contributed by atoms with Crippen molar-refractivity contribution in [3.05, 3.63) is 54.6 Å². The zero-order chi connectivity index (χ0) is 15.9. The molecule has 7 heteroatoms. The number of sulfonamides is 1. The lowest BCUT2D eigenvalue weighted by atomic mass is 10.2. The van der Waals surface area contributed by atoms with E-state index in [2.05, 4.69) is 19.7 Å². The van der Waals surface area contributed by atoms with Crippen molar-refractivity contribution in [1.29, 1.82) is 0 Å². The van der Waals surface area contributed by atoms with Crippen molar-refractivity contribution >= 4 is 26.7 Å². The van der Waals surface area contributed by atoms with Crippen LogP contribution >= 0.6 is 0 Å². The van der Waals surface area contributed by atoms with Crippen molar-refractivity contribution in [2.75, 3.05) is 4.72 Å². The fourth-order valence-electron chi connectivity index (χ4n) is 2.45. The summed E-state index contributed by atoms with van der Waals surface area (Å²) < 4.78 is 27.9. The summed E-state index contributed by atoms with van der Waals surface area (Å²) in [7, 11) is -3.76. The van der Waals surface area contributed by atoms with Crippen LogP contribution in [0.3, 0.4) is 0 Å². The van der Waals surface area contributed by atoms with E-state index in [1.54, 1.807) is 36.7 Å². The molecule has 2 aromatic heterocycles. The van der Waals surface area contributed by atoms with Gasteiger partial charge in [0.25, 0.3) is 10.0 Å². The van der Waals surface area contributed by atoms with Crippen molar-refractivity contribution in [3.63, 3.8) is 0 Å². The molecule has 3 aromatic rings. The maximum absolute atomic E-state index is 12.7. The highest BCUT2D eigenvalue weighted by Crippen LogP contribution is 2.38. The topological polar surface area (TPSA) is 84.8 Å². The number of rotatable bonds is 4. The highest BCUT2D eigenvalue weighted by Gasteiger charge is 2.27. The van der Waals surface area contributed by atoms with Crippen LogP contribution in [0.5, 0.6) is 0 Å². The molecule has 6 nitrogen and oxygen atoms in total. The molecule has 0 saturated heterocycles. The number of aromatic nitrogens is 3. The molecule has 1 aromatic carbocycles.